The summed E-state index contributed by atoms with van der Waals surface area (Å²) in [6, 6.07) is 10.6. The highest BCUT2D eigenvalue weighted by Gasteiger charge is 2.48. The van der Waals surface area contributed by atoms with Gasteiger partial charge in [-0.3, -0.25) is 9.69 Å². The van der Waals surface area contributed by atoms with Crippen LogP contribution in [-0.2, 0) is 24.3 Å². The molecule has 28 heavy (non-hydrogen) atoms. The molecule has 1 spiro atoms. The van der Waals surface area contributed by atoms with Crippen molar-refractivity contribution in [2.45, 2.75) is 52.1 Å². The molecule has 3 heterocycles. The van der Waals surface area contributed by atoms with Gasteiger partial charge in [0.1, 0.15) is 5.82 Å². The molecule has 150 valence electrons. The minimum atomic E-state index is -0.158. The molecular weight excluding hydrogens is 348 g/mol. The minimum Gasteiger partial charge on any atom is -0.342 e. The lowest BCUT2D eigenvalue weighted by atomic mass is 9.78. The first-order chi connectivity index (χ1) is 13.7. The van der Waals surface area contributed by atoms with Gasteiger partial charge in [0.25, 0.3) is 0 Å². The van der Waals surface area contributed by atoms with Gasteiger partial charge in [-0.1, -0.05) is 30.3 Å². The van der Waals surface area contributed by atoms with Crippen molar-refractivity contribution in [3.8, 4) is 0 Å². The van der Waals surface area contributed by atoms with Crippen molar-refractivity contribution in [2.24, 2.45) is 5.41 Å². The molecule has 0 aliphatic carbocycles. The van der Waals surface area contributed by atoms with Crippen LogP contribution in [0.15, 0.2) is 42.7 Å². The molecule has 1 atom stereocenters. The third kappa shape index (κ3) is 4.00. The molecule has 2 aromatic rings. The Balaban J connectivity index is 1.33. The van der Waals surface area contributed by atoms with E-state index in [9.17, 15) is 4.79 Å². The molecule has 5 nitrogen and oxygen atoms in total. The van der Waals surface area contributed by atoms with E-state index in [2.05, 4.69) is 56.6 Å². The smallest absolute Gasteiger partial charge is 0.230 e. The predicted octanol–water partition coefficient (Wildman–Crippen LogP) is 3.35. The Labute approximate surface area is 168 Å². The second-order valence-corrected chi connectivity index (χ2v) is 8.36. The van der Waals surface area contributed by atoms with Crippen molar-refractivity contribution < 1.29 is 4.79 Å². The van der Waals surface area contributed by atoms with Gasteiger partial charge in [0.05, 0.1) is 12.0 Å². The summed E-state index contributed by atoms with van der Waals surface area (Å²) in [5, 5.41) is 0. The van der Waals surface area contributed by atoms with Crippen LogP contribution in [0.3, 0.4) is 0 Å². The Morgan fingerprint density at radius 2 is 2.00 bits per heavy atom. The standard InChI is InChI=1S/C23H32N4O/c1-2-26-17-13-24-21(26)18-25-16-12-23(19-25)11-7-15-27(22(23)28)14-6-10-20-8-4-3-5-9-20/h3-5,8-9,13,17H,2,6-7,10-12,14-16,18-19H2,1H3/t23-/m1/s1. The van der Waals surface area contributed by atoms with Crippen LogP contribution in [0.5, 0.6) is 0 Å². The molecule has 0 N–H and O–H groups in total. The third-order valence-corrected chi connectivity index (χ3v) is 6.50. The number of rotatable bonds is 7. The summed E-state index contributed by atoms with van der Waals surface area (Å²) in [6.07, 6.45) is 9.18. The second-order valence-electron chi connectivity index (χ2n) is 8.36. The zero-order valence-electron chi connectivity index (χ0n) is 17.0. The zero-order chi connectivity index (χ0) is 19.4. The van der Waals surface area contributed by atoms with E-state index in [0.717, 1.165) is 77.2 Å². The number of carbonyl (C=O) groups is 1. The van der Waals surface area contributed by atoms with Crippen molar-refractivity contribution in [1.82, 2.24) is 19.4 Å². The van der Waals surface area contributed by atoms with Gasteiger partial charge in [-0.05, 0) is 51.1 Å². The molecular formula is C23H32N4O. The number of likely N-dealkylation sites (tertiary alicyclic amines) is 2. The van der Waals surface area contributed by atoms with E-state index in [0.29, 0.717) is 5.91 Å². The van der Waals surface area contributed by atoms with Gasteiger partial charge in [-0.15, -0.1) is 0 Å². The van der Waals surface area contributed by atoms with Gasteiger partial charge in [0, 0.05) is 38.6 Å². The second kappa shape index (κ2) is 8.48. The molecule has 0 saturated carbocycles. The average Bonchev–Trinajstić information content (AvgIpc) is 3.34. The maximum Gasteiger partial charge on any atom is 0.230 e. The number of carbonyl (C=O) groups excluding carboxylic acids is 1. The maximum absolute atomic E-state index is 13.3. The maximum atomic E-state index is 13.3. The van der Waals surface area contributed by atoms with E-state index in [1.165, 1.54) is 5.56 Å². The van der Waals surface area contributed by atoms with Gasteiger partial charge in [-0.2, -0.15) is 0 Å². The average molecular weight is 381 g/mol. The minimum absolute atomic E-state index is 0.158. The number of nitrogens with zero attached hydrogens (tertiary/aromatic N) is 4. The zero-order valence-corrected chi connectivity index (χ0v) is 17.0. The van der Waals surface area contributed by atoms with Crippen LogP contribution in [0, 0.1) is 5.41 Å². The number of piperidine rings is 1. The summed E-state index contributed by atoms with van der Waals surface area (Å²) >= 11 is 0. The van der Waals surface area contributed by atoms with Crippen molar-refractivity contribution in [2.75, 3.05) is 26.2 Å². The first-order valence-electron chi connectivity index (χ1n) is 10.8. The van der Waals surface area contributed by atoms with Crippen LogP contribution >= 0.6 is 0 Å². The van der Waals surface area contributed by atoms with E-state index in [-0.39, 0.29) is 5.41 Å². The van der Waals surface area contributed by atoms with Crippen LogP contribution < -0.4 is 0 Å². The molecule has 1 aromatic heterocycles. The fraction of sp³-hybridized carbons (Fsp3) is 0.565. The lowest BCUT2D eigenvalue weighted by molar-refractivity contribution is -0.145. The summed E-state index contributed by atoms with van der Waals surface area (Å²) in [7, 11) is 0. The van der Waals surface area contributed by atoms with Crippen LogP contribution in [0.1, 0.15) is 44.0 Å². The Kier molecular flexibility index (Phi) is 5.81. The molecule has 2 aliphatic rings. The number of aryl methyl sites for hydroxylation is 2. The fourth-order valence-electron chi connectivity index (χ4n) is 4.94. The van der Waals surface area contributed by atoms with E-state index in [4.69, 9.17) is 0 Å². The van der Waals surface area contributed by atoms with Gasteiger partial charge in [-0.25, -0.2) is 4.98 Å². The van der Waals surface area contributed by atoms with Crippen molar-refractivity contribution >= 4 is 5.91 Å². The monoisotopic (exact) mass is 380 g/mol. The molecule has 1 aromatic carbocycles. The molecule has 0 bridgehead atoms. The van der Waals surface area contributed by atoms with Crippen molar-refractivity contribution in [3.63, 3.8) is 0 Å². The van der Waals surface area contributed by atoms with Crippen LogP contribution in [-0.4, -0.2) is 51.4 Å². The highest BCUT2D eigenvalue weighted by atomic mass is 16.2. The van der Waals surface area contributed by atoms with Crippen LogP contribution in [0.2, 0.25) is 0 Å². The van der Waals surface area contributed by atoms with Gasteiger partial charge >= 0.3 is 0 Å². The van der Waals surface area contributed by atoms with E-state index >= 15 is 0 Å². The Hall–Kier alpha value is -2.14. The number of hydrogen-bond donors (Lipinski definition) is 0. The topological polar surface area (TPSA) is 41.4 Å². The number of imidazole rings is 1. The SMILES string of the molecule is CCn1ccnc1CN1CC[C@]2(CCCN(CCCc3ccccc3)C2=O)C1. The summed E-state index contributed by atoms with van der Waals surface area (Å²) in [5.74, 6) is 1.51. The normalized spacial score (nSPS) is 23.0. The molecule has 4 rings (SSSR count). The summed E-state index contributed by atoms with van der Waals surface area (Å²) in [5.41, 5.74) is 1.20. The summed E-state index contributed by atoms with van der Waals surface area (Å²) < 4.78 is 2.20. The van der Waals surface area contributed by atoms with Gasteiger partial charge in [0.15, 0.2) is 0 Å². The van der Waals surface area contributed by atoms with Gasteiger partial charge in [0.2, 0.25) is 5.91 Å². The predicted molar refractivity (Wildman–Crippen MR) is 111 cm³/mol. The Morgan fingerprint density at radius 1 is 1.14 bits per heavy atom. The largest absolute Gasteiger partial charge is 0.342 e. The van der Waals surface area contributed by atoms with E-state index < -0.39 is 0 Å². The molecule has 2 saturated heterocycles. The highest BCUT2D eigenvalue weighted by Crippen LogP contribution is 2.40. The fourth-order valence-corrected chi connectivity index (χ4v) is 4.94. The number of benzene rings is 1. The van der Waals surface area contributed by atoms with Crippen molar-refractivity contribution in [1.29, 1.82) is 0 Å². The third-order valence-electron chi connectivity index (χ3n) is 6.50. The molecule has 0 radical (unpaired) electrons. The van der Waals surface area contributed by atoms with Crippen molar-refractivity contribution in [3.05, 3.63) is 54.1 Å². The quantitative estimate of drug-likeness (QED) is 0.740. The summed E-state index contributed by atoms with van der Waals surface area (Å²) in [6.45, 7) is 7.64. The number of hydrogen-bond acceptors (Lipinski definition) is 3. The molecule has 1 amide bonds. The Bertz CT molecular complexity index is 787. The molecule has 2 aliphatic heterocycles. The van der Waals surface area contributed by atoms with Crippen LogP contribution in [0.4, 0.5) is 0 Å². The van der Waals surface area contributed by atoms with Crippen LogP contribution in [0.25, 0.3) is 0 Å². The molecule has 2 fully saturated rings. The summed E-state index contributed by atoms with van der Waals surface area (Å²) in [4.78, 5) is 22.4. The lowest BCUT2D eigenvalue weighted by Gasteiger charge is -2.39. The van der Waals surface area contributed by atoms with E-state index in [1.54, 1.807) is 0 Å². The molecule has 5 heteroatoms. The van der Waals surface area contributed by atoms with Gasteiger partial charge < -0.3 is 9.47 Å². The number of amides is 1. The Morgan fingerprint density at radius 3 is 2.82 bits per heavy atom. The number of aromatic nitrogens is 2. The lowest BCUT2D eigenvalue weighted by Crippen LogP contribution is -2.50. The first-order valence-corrected chi connectivity index (χ1v) is 10.8. The van der Waals surface area contributed by atoms with E-state index in [1.807, 2.05) is 12.4 Å². The first kappa shape index (κ1) is 19.2. The highest BCUT2D eigenvalue weighted by molar-refractivity contribution is 5.84. The molecule has 0 unspecified atom stereocenters.